The Morgan fingerprint density at radius 2 is 1.89 bits per heavy atom. The van der Waals surface area contributed by atoms with Crippen LogP contribution in [0, 0.1) is 0 Å². The van der Waals surface area contributed by atoms with Gasteiger partial charge in [0.05, 0.1) is 13.7 Å². The molecule has 0 radical (unpaired) electrons. The van der Waals surface area contributed by atoms with E-state index in [4.69, 9.17) is 4.74 Å². The number of benzene rings is 1. The molecule has 1 rings (SSSR count). The molecule has 0 saturated heterocycles. The van der Waals surface area contributed by atoms with Crippen LogP contribution in [-0.2, 0) is 16.0 Å². The summed E-state index contributed by atoms with van der Waals surface area (Å²) in [5.41, 5.74) is 1.39. The Bertz CT molecular complexity index is 351. The first-order valence-corrected chi connectivity index (χ1v) is 7.09. The zero-order chi connectivity index (χ0) is 13.9. The zero-order valence-electron chi connectivity index (χ0n) is 12.1. The van der Waals surface area contributed by atoms with Gasteiger partial charge in [-0.05, 0) is 44.3 Å². The van der Waals surface area contributed by atoms with Gasteiger partial charge in [-0.25, -0.2) is 0 Å². The number of carbonyl (C=O) groups is 1. The standard InChI is InChI=1S/C16H25NO2/c1-3-12-17(14-16(18)19-2)13-8-7-11-15-9-5-4-6-10-15/h4-6,9-10H,3,7-8,11-14H2,1-2H3. The van der Waals surface area contributed by atoms with Crippen LogP contribution in [0.1, 0.15) is 31.7 Å². The van der Waals surface area contributed by atoms with Crippen molar-refractivity contribution < 1.29 is 9.53 Å². The number of ether oxygens (including phenoxy) is 1. The molecule has 1 aromatic carbocycles. The van der Waals surface area contributed by atoms with Gasteiger partial charge in [0.1, 0.15) is 0 Å². The number of methoxy groups -OCH3 is 1. The third-order valence-corrected chi connectivity index (χ3v) is 3.15. The molecule has 0 saturated carbocycles. The monoisotopic (exact) mass is 263 g/mol. The van der Waals surface area contributed by atoms with Crippen LogP contribution in [0.5, 0.6) is 0 Å². The van der Waals surface area contributed by atoms with Crippen LogP contribution in [0.25, 0.3) is 0 Å². The number of carbonyl (C=O) groups excluding carboxylic acids is 1. The average molecular weight is 263 g/mol. The van der Waals surface area contributed by atoms with Crippen molar-refractivity contribution in [2.45, 2.75) is 32.6 Å². The van der Waals surface area contributed by atoms with Crippen molar-refractivity contribution in [3.05, 3.63) is 35.9 Å². The first-order chi connectivity index (χ1) is 9.26. The normalized spacial score (nSPS) is 10.7. The molecule has 3 nitrogen and oxygen atoms in total. The van der Waals surface area contributed by atoms with E-state index >= 15 is 0 Å². The van der Waals surface area contributed by atoms with E-state index in [-0.39, 0.29) is 5.97 Å². The first kappa shape index (κ1) is 15.7. The van der Waals surface area contributed by atoms with Crippen molar-refractivity contribution in [2.75, 3.05) is 26.7 Å². The minimum Gasteiger partial charge on any atom is -0.468 e. The SMILES string of the molecule is CCCN(CCCCc1ccccc1)CC(=O)OC. The molecule has 106 valence electrons. The Kier molecular flexibility index (Phi) is 7.91. The van der Waals surface area contributed by atoms with Gasteiger partial charge in [-0.1, -0.05) is 37.3 Å². The van der Waals surface area contributed by atoms with Crippen LogP contribution in [0.15, 0.2) is 30.3 Å². The van der Waals surface area contributed by atoms with E-state index in [1.165, 1.54) is 12.7 Å². The van der Waals surface area contributed by atoms with E-state index in [9.17, 15) is 4.79 Å². The second-order valence-electron chi connectivity index (χ2n) is 4.79. The Labute approximate surface area is 116 Å². The van der Waals surface area contributed by atoms with Crippen LogP contribution < -0.4 is 0 Å². The number of rotatable bonds is 9. The second kappa shape index (κ2) is 9.56. The van der Waals surface area contributed by atoms with E-state index in [1.807, 2.05) is 6.07 Å². The fraction of sp³-hybridized carbons (Fsp3) is 0.562. The van der Waals surface area contributed by atoms with Gasteiger partial charge in [0.2, 0.25) is 0 Å². The van der Waals surface area contributed by atoms with Gasteiger partial charge in [-0.3, -0.25) is 9.69 Å². The molecule has 0 aromatic heterocycles. The number of hydrogen-bond donors (Lipinski definition) is 0. The van der Waals surface area contributed by atoms with Gasteiger partial charge in [0, 0.05) is 0 Å². The molecule has 3 heteroatoms. The minimum atomic E-state index is -0.142. The van der Waals surface area contributed by atoms with E-state index in [0.717, 1.165) is 38.8 Å². The number of hydrogen-bond acceptors (Lipinski definition) is 3. The van der Waals surface area contributed by atoms with Gasteiger partial charge in [0.15, 0.2) is 0 Å². The largest absolute Gasteiger partial charge is 0.468 e. The Hall–Kier alpha value is -1.35. The highest BCUT2D eigenvalue weighted by Crippen LogP contribution is 2.05. The lowest BCUT2D eigenvalue weighted by Crippen LogP contribution is -2.32. The summed E-state index contributed by atoms with van der Waals surface area (Å²) in [5, 5.41) is 0. The van der Waals surface area contributed by atoms with Crippen LogP contribution in [0.3, 0.4) is 0 Å². The molecule has 19 heavy (non-hydrogen) atoms. The highest BCUT2D eigenvalue weighted by Gasteiger charge is 2.09. The number of nitrogens with zero attached hydrogens (tertiary/aromatic N) is 1. The predicted molar refractivity (Wildman–Crippen MR) is 78.1 cm³/mol. The van der Waals surface area contributed by atoms with E-state index in [1.54, 1.807) is 0 Å². The molecule has 0 aliphatic carbocycles. The maximum Gasteiger partial charge on any atom is 0.319 e. The topological polar surface area (TPSA) is 29.5 Å². The molecule has 0 amide bonds. The molecule has 0 unspecified atom stereocenters. The van der Waals surface area contributed by atoms with Gasteiger partial charge in [-0.15, -0.1) is 0 Å². The maximum absolute atomic E-state index is 11.3. The van der Waals surface area contributed by atoms with Crippen LogP contribution >= 0.6 is 0 Å². The number of aryl methyl sites for hydroxylation is 1. The van der Waals surface area contributed by atoms with Crippen molar-refractivity contribution >= 4 is 5.97 Å². The third kappa shape index (κ3) is 6.97. The Morgan fingerprint density at radius 3 is 2.53 bits per heavy atom. The average Bonchev–Trinajstić information content (AvgIpc) is 2.44. The summed E-state index contributed by atoms with van der Waals surface area (Å²) >= 11 is 0. The highest BCUT2D eigenvalue weighted by molar-refractivity contribution is 5.71. The van der Waals surface area contributed by atoms with Crippen LogP contribution in [0.2, 0.25) is 0 Å². The summed E-state index contributed by atoms with van der Waals surface area (Å²) in [6, 6.07) is 10.5. The van der Waals surface area contributed by atoms with Gasteiger partial charge >= 0.3 is 5.97 Å². The Balaban J connectivity index is 2.22. The quantitative estimate of drug-likeness (QED) is 0.507. The lowest BCUT2D eigenvalue weighted by Gasteiger charge is -2.20. The molecule has 0 N–H and O–H groups in total. The van der Waals surface area contributed by atoms with E-state index < -0.39 is 0 Å². The summed E-state index contributed by atoms with van der Waals surface area (Å²) < 4.78 is 4.72. The van der Waals surface area contributed by atoms with Gasteiger partial charge < -0.3 is 4.74 Å². The third-order valence-electron chi connectivity index (χ3n) is 3.15. The molecular formula is C16H25NO2. The maximum atomic E-state index is 11.3. The van der Waals surface area contributed by atoms with Crippen molar-refractivity contribution in [2.24, 2.45) is 0 Å². The lowest BCUT2D eigenvalue weighted by molar-refractivity contribution is -0.141. The van der Waals surface area contributed by atoms with E-state index in [2.05, 4.69) is 36.1 Å². The second-order valence-corrected chi connectivity index (χ2v) is 4.79. The van der Waals surface area contributed by atoms with Crippen molar-refractivity contribution in [3.8, 4) is 0 Å². The fourth-order valence-electron chi connectivity index (χ4n) is 2.14. The summed E-state index contributed by atoms with van der Waals surface area (Å²) in [5.74, 6) is -0.142. The van der Waals surface area contributed by atoms with Crippen LogP contribution in [-0.4, -0.2) is 37.6 Å². The van der Waals surface area contributed by atoms with Crippen LogP contribution in [0.4, 0.5) is 0 Å². The van der Waals surface area contributed by atoms with Gasteiger partial charge in [0.25, 0.3) is 0 Å². The summed E-state index contributed by atoms with van der Waals surface area (Å²) in [6.45, 7) is 4.47. The minimum absolute atomic E-state index is 0.142. The molecule has 1 aromatic rings. The summed E-state index contributed by atoms with van der Waals surface area (Å²) in [6.07, 6.45) is 4.45. The van der Waals surface area contributed by atoms with E-state index in [0.29, 0.717) is 6.54 Å². The number of unbranched alkanes of at least 4 members (excludes halogenated alkanes) is 1. The highest BCUT2D eigenvalue weighted by atomic mass is 16.5. The molecular weight excluding hydrogens is 238 g/mol. The first-order valence-electron chi connectivity index (χ1n) is 7.09. The lowest BCUT2D eigenvalue weighted by atomic mass is 10.1. The summed E-state index contributed by atoms with van der Waals surface area (Å²) in [7, 11) is 1.45. The zero-order valence-corrected chi connectivity index (χ0v) is 12.1. The van der Waals surface area contributed by atoms with Gasteiger partial charge in [-0.2, -0.15) is 0 Å². The number of esters is 1. The molecule has 0 aliphatic rings. The molecule has 0 heterocycles. The molecule has 0 aliphatic heterocycles. The summed E-state index contributed by atoms with van der Waals surface area (Å²) in [4.78, 5) is 13.5. The molecule has 0 bridgehead atoms. The molecule has 0 spiro atoms. The smallest absolute Gasteiger partial charge is 0.319 e. The fourth-order valence-corrected chi connectivity index (χ4v) is 2.14. The predicted octanol–water partition coefficient (Wildman–Crippen LogP) is 2.89. The van der Waals surface area contributed by atoms with Crippen molar-refractivity contribution in [3.63, 3.8) is 0 Å². The molecule has 0 atom stereocenters. The molecule has 0 fully saturated rings. The van der Waals surface area contributed by atoms with Crippen molar-refractivity contribution in [1.82, 2.24) is 4.90 Å². The van der Waals surface area contributed by atoms with Crippen molar-refractivity contribution in [1.29, 1.82) is 0 Å². The Morgan fingerprint density at radius 1 is 1.16 bits per heavy atom.